The minimum atomic E-state index is -4.01. The van der Waals surface area contributed by atoms with Gasteiger partial charge in [0, 0.05) is 24.3 Å². The first-order valence-corrected chi connectivity index (χ1v) is 9.61. The maximum absolute atomic E-state index is 13.8. The number of sulfonamides is 1. The fourth-order valence-corrected chi connectivity index (χ4v) is 4.11. The molecule has 1 heterocycles. The van der Waals surface area contributed by atoms with Crippen LogP contribution < -0.4 is 9.62 Å². The van der Waals surface area contributed by atoms with Crippen molar-refractivity contribution in [2.45, 2.75) is 31.1 Å². The van der Waals surface area contributed by atoms with E-state index in [1.807, 2.05) is 6.92 Å². The van der Waals surface area contributed by atoms with E-state index in [-0.39, 0.29) is 5.91 Å². The van der Waals surface area contributed by atoms with Gasteiger partial charge >= 0.3 is 0 Å². The monoisotopic (exact) mass is 362 g/mol. The number of amides is 1. The summed E-state index contributed by atoms with van der Waals surface area (Å²) in [6.45, 7) is 2.48. The van der Waals surface area contributed by atoms with Gasteiger partial charge in [-0.15, -0.1) is 0 Å². The molecule has 0 saturated carbocycles. The van der Waals surface area contributed by atoms with Crippen LogP contribution in [0.2, 0.25) is 0 Å². The molecule has 0 radical (unpaired) electrons. The van der Waals surface area contributed by atoms with Crippen molar-refractivity contribution in [3.63, 3.8) is 0 Å². The number of anilines is 2. The van der Waals surface area contributed by atoms with Crippen LogP contribution in [0.5, 0.6) is 0 Å². The average molecular weight is 362 g/mol. The number of hydrogen-bond donors (Lipinski definition) is 1. The van der Waals surface area contributed by atoms with Crippen molar-refractivity contribution < 1.29 is 17.6 Å². The van der Waals surface area contributed by atoms with Gasteiger partial charge < -0.3 is 4.90 Å². The topological polar surface area (TPSA) is 66.5 Å². The highest BCUT2D eigenvalue weighted by Gasteiger charge is 2.23. The van der Waals surface area contributed by atoms with E-state index in [1.165, 1.54) is 18.2 Å². The Labute approximate surface area is 146 Å². The molecule has 5 nitrogen and oxygen atoms in total. The number of carbonyl (C=O) groups excluding carboxylic acids is 1. The Kier molecular flexibility index (Phi) is 4.76. The number of rotatable bonds is 4. The SMILES string of the molecule is CCC(=O)N1CCCc2cc(NS(=O)(=O)c3ccccc3F)ccc21. The maximum atomic E-state index is 13.8. The average Bonchev–Trinajstić information content (AvgIpc) is 2.60. The molecule has 2 aromatic rings. The summed E-state index contributed by atoms with van der Waals surface area (Å²) in [6, 6.07) is 10.3. The standard InChI is InChI=1S/C18H19FN2O3S/c1-2-18(22)21-11-5-6-13-12-14(9-10-16(13)21)20-25(23,24)17-8-4-3-7-15(17)19/h3-4,7-10,12,20H,2,5-6,11H2,1H3. The Morgan fingerprint density at radius 1 is 1.24 bits per heavy atom. The highest BCUT2D eigenvalue weighted by Crippen LogP contribution is 2.31. The van der Waals surface area contributed by atoms with E-state index in [2.05, 4.69) is 4.72 Å². The van der Waals surface area contributed by atoms with E-state index in [9.17, 15) is 17.6 Å². The van der Waals surface area contributed by atoms with Gasteiger partial charge in [-0.1, -0.05) is 19.1 Å². The summed E-state index contributed by atoms with van der Waals surface area (Å²) in [5, 5.41) is 0. The number of halogens is 1. The van der Waals surface area contributed by atoms with Crippen LogP contribution in [0.3, 0.4) is 0 Å². The second kappa shape index (κ2) is 6.84. The largest absolute Gasteiger partial charge is 0.312 e. The van der Waals surface area contributed by atoms with Gasteiger partial charge in [-0.25, -0.2) is 12.8 Å². The van der Waals surface area contributed by atoms with Crippen molar-refractivity contribution in [2.24, 2.45) is 0 Å². The molecule has 0 atom stereocenters. The van der Waals surface area contributed by atoms with E-state index in [4.69, 9.17) is 0 Å². The first kappa shape index (κ1) is 17.4. The quantitative estimate of drug-likeness (QED) is 0.907. The molecule has 0 aliphatic carbocycles. The van der Waals surface area contributed by atoms with E-state index < -0.39 is 20.7 Å². The molecule has 0 spiro atoms. The number of fused-ring (bicyclic) bond motifs is 1. The molecular weight excluding hydrogens is 343 g/mol. The second-order valence-electron chi connectivity index (χ2n) is 5.88. The molecule has 1 amide bonds. The molecule has 2 aromatic carbocycles. The normalized spacial score (nSPS) is 14.1. The van der Waals surface area contributed by atoms with E-state index in [1.54, 1.807) is 23.1 Å². The molecule has 3 rings (SSSR count). The summed E-state index contributed by atoms with van der Waals surface area (Å²) >= 11 is 0. The smallest absolute Gasteiger partial charge is 0.264 e. The lowest BCUT2D eigenvalue weighted by molar-refractivity contribution is -0.118. The minimum Gasteiger partial charge on any atom is -0.312 e. The number of nitrogens with one attached hydrogen (secondary N) is 1. The molecular formula is C18H19FN2O3S. The zero-order valence-corrected chi connectivity index (χ0v) is 14.6. The first-order chi connectivity index (χ1) is 11.9. The third-order valence-corrected chi connectivity index (χ3v) is 5.59. The predicted molar refractivity (Wildman–Crippen MR) is 94.6 cm³/mol. The number of carbonyl (C=O) groups is 1. The Hall–Kier alpha value is -2.41. The van der Waals surface area contributed by atoms with E-state index in [0.29, 0.717) is 18.7 Å². The molecule has 1 N–H and O–H groups in total. The van der Waals surface area contributed by atoms with Gasteiger partial charge in [-0.3, -0.25) is 9.52 Å². The van der Waals surface area contributed by atoms with Crippen LogP contribution in [0.1, 0.15) is 25.3 Å². The third-order valence-electron chi connectivity index (χ3n) is 4.18. The minimum absolute atomic E-state index is 0.0423. The van der Waals surface area contributed by atoms with Gasteiger partial charge in [0.25, 0.3) is 10.0 Å². The first-order valence-electron chi connectivity index (χ1n) is 8.13. The van der Waals surface area contributed by atoms with Crippen LogP contribution in [0.15, 0.2) is 47.4 Å². The van der Waals surface area contributed by atoms with Gasteiger partial charge in [-0.05, 0) is 48.7 Å². The van der Waals surface area contributed by atoms with E-state index >= 15 is 0 Å². The molecule has 0 unspecified atom stereocenters. The molecule has 25 heavy (non-hydrogen) atoms. The highest BCUT2D eigenvalue weighted by molar-refractivity contribution is 7.92. The van der Waals surface area contributed by atoms with Crippen LogP contribution in [-0.4, -0.2) is 20.9 Å². The predicted octanol–water partition coefficient (Wildman–Crippen LogP) is 3.32. The van der Waals surface area contributed by atoms with Gasteiger partial charge in [0.05, 0.1) is 0 Å². The van der Waals surface area contributed by atoms with Crippen molar-refractivity contribution in [2.75, 3.05) is 16.2 Å². The zero-order valence-electron chi connectivity index (χ0n) is 13.8. The Bertz CT molecular complexity index is 912. The summed E-state index contributed by atoms with van der Waals surface area (Å²) < 4.78 is 41.0. The highest BCUT2D eigenvalue weighted by atomic mass is 32.2. The summed E-state index contributed by atoms with van der Waals surface area (Å²) in [4.78, 5) is 13.4. The molecule has 0 bridgehead atoms. The maximum Gasteiger partial charge on any atom is 0.264 e. The third kappa shape index (κ3) is 3.51. The molecule has 0 saturated heterocycles. The van der Waals surface area contributed by atoms with Crippen molar-refractivity contribution in [1.29, 1.82) is 0 Å². The Morgan fingerprint density at radius 3 is 2.72 bits per heavy atom. The molecule has 132 valence electrons. The van der Waals surface area contributed by atoms with Crippen molar-refractivity contribution in [3.8, 4) is 0 Å². The fraction of sp³-hybridized carbons (Fsp3) is 0.278. The van der Waals surface area contributed by atoms with Crippen molar-refractivity contribution in [1.82, 2.24) is 0 Å². The number of nitrogens with zero attached hydrogens (tertiary/aromatic N) is 1. The summed E-state index contributed by atoms with van der Waals surface area (Å²) in [5.41, 5.74) is 2.07. The van der Waals surface area contributed by atoms with Crippen LogP contribution >= 0.6 is 0 Å². The summed E-state index contributed by atoms with van der Waals surface area (Å²) in [6.07, 6.45) is 2.00. The lowest BCUT2D eigenvalue weighted by atomic mass is 10.0. The zero-order chi connectivity index (χ0) is 18.0. The summed E-state index contributed by atoms with van der Waals surface area (Å²) in [5.74, 6) is -0.756. The van der Waals surface area contributed by atoms with Crippen LogP contribution in [0, 0.1) is 5.82 Å². The van der Waals surface area contributed by atoms with Crippen molar-refractivity contribution >= 4 is 27.3 Å². The number of aryl methyl sites for hydroxylation is 1. The van der Waals surface area contributed by atoms with Gasteiger partial charge in [0.2, 0.25) is 5.91 Å². The fourth-order valence-electron chi connectivity index (χ4n) is 2.98. The molecule has 1 aliphatic heterocycles. The Morgan fingerprint density at radius 2 is 2.00 bits per heavy atom. The van der Waals surface area contributed by atoms with Crippen LogP contribution in [-0.2, 0) is 21.2 Å². The Balaban J connectivity index is 1.90. The van der Waals surface area contributed by atoms with Gasteiger partial charge in [0.15, 0.2) is 0 Å². The van der Waals surface area contributed by atoms with Gasteiger partial charge in [0.1, 0.15) is 10.7 Å². The van der Waals surface area contributed by atoms with E-state index in [0.717, 1.165) is 30.2 Å². The number of benzene rings is 2. The molecule has 0 aromatic heterocycles. The second-order valence-corrected chi connectivity index (χ2v) is 7.53. The van der Waals surface area contributed by atoms with Crippen molar-refractivity contribution in [3.05, 3.63) is 53.8 Å². The molecule has 0 fully saturated rings. The van der Waals surface area contributed by atoms with Crippen LogP contribution in [0.4, 0.5) is 15.8 Å². The molecule has 1 aliphatic rings. The lowest BCUT2D eigenvalue weighted by Gasteiger charge is -2.29. The van der Waals surface area contributed by atoms with Crippen LogP contribution in [0.25, 0.3) is 0 Å². The summed E-state index contributed by atoms with van der Waals surface area (Å²) in [7, 11) is -4.01. The lowest BCUT2D eigenvalue weighted by Crippen LogP contribution is -2.34. The molecule has 7 heteroatoms. The van der Waals surface area contributed by atoms with Gasteiger partial charge in [-0.2, -0.15) is 0 Å². The number of hydrogen-bond acceptors (Lipinski definition) is 3.